The van der Waals surface area contributed by atoms with E-state index in [0.717, 1.165) is 45.2 Å². The van der Waals surface area contributed by atoms with E-state index in [1.54, 1.807) is 18.4 Å². The van der Waals surface area contributed by atoms with Crippen LogP contribution in [-0.2, 0) is 11.2 Å². The van der Waals surface area contributed by atoms with Crippen molar-refractivity contribution in [1.29, 1.82) is 0 Å². The first-order valence-electron chi connectivity index (χ1n) is 9.56. The Morgan fingerprint density at radius 3 is 2.57 bits per heavy atom. The number of fused-ring (bicyclic) bond motifs is 1. The number of anilines is 1. The average molecular weight is 399 g/mol. The van der Waals surface area contributed by atoms with Crippen LogP contribution in [0.4, 0.5) is 5.13 Å². The molecule has 0 fully saturated rings. The third-order valence-corrected chi connectivity index (χ3v) is 5.76. The van der Waals surface area contributed by atoms with Crippen LogP contribution in [0, 0.1) is 6.92 Å². The normalized spacial score (nSPS) is 11.2. The van der Waals surface area contributed by atoms with E-state index in [1.165, 1.54) is 4.90 Å². The van der Waals surface area contributed by atoms with Gasteiger partial charge < -0.3 is 9.64 Å². The van der Waals surface area contributed by atoms with Gasteiger partial charge in [-0.05, 0) is 36.2 Å². The number of rotatable bonds is 8. The molecule has 0 saturated carbocycles. The monoisotopic (exact) mass is 398 g/mol. The van der Waals surface area contributed by atoms with Gasteiger partial charge in [0.05, 0.1) is 44.4 Å². The molecule has 0 saturated heterocycles. The third-order valence-electron chi connectivity index (χ3n) is 4.71. The molecule has 5 nitrogen and oxygen atoms in total. The van der Waals surface area contributed by atoms with Crippen molar-refractivity contribution in [2.45, 2.75) is 19.8 Å². The van der Waals surface area contributed by atoms with Gasteiger partial charge in [0.15, 0.2) is 5.13 Å². The maximum absolute atomic E-state index is 13.2. The van der Waals surface area contributed by atoms with Gasteiger partial charge in [0.25, 0.3) is 0 Å². The first-order chi connectivity index (χ1) is 13.5. The molecule has 0 aliphatic rings. The van der Waals surface area contributed by atoms with E-state index in [4.69, 9.17) is 9.72 Å². The Morgan fingerprint density at radius 2 is 1.93 bits per heavy atom. The third kappa shape index (κ3) is 4.88. The molecule has 0 unspecified atom stereocenters. The number of aryl methyl sites for hydroxylation is 1. The zero-order chi connectivity index (χ0) is 20.1. The molecule has 1 aromatic heterocycles. The van der Waals surface area contributed by atoms with Crippen LogP contribution in [0.5, 0.6) is 5.75 Å². The van der Waals surface area contributed by atoms with Crippen molar-refractivity contribution in [3.8, 4) is 5.75 Å². The highest BCUT2D eigenvalue weighted by atomic mass is 32.1. The quantitative estimate of drug-likeness (QED) is 0.635. The molecule has 0 bridgehead atoms. The minimum atomic E-state index is 0.0793. The summed E-state index contributed by atoms with van der Waals surface area (Å²) in [6.45, 7) is 3.75. The van der Waals surface area contributed by atoms with E-state index >= 15 is 0 Å². The van der Waals surface area contributed by atoms with Gasteiger partial charge in [-0.15, -0.1) is 0 Å². The summed E-state index contributed by atoms with van der Waals surface area (Å²) >= 11 is 1.59. The molecular formula is C22H28N3O2S+. The second kappa shape index (κ2) is 9.17. The highest BCUT2D eigenvalue weighted by Gasteiger charge is 2.20. The molecule has 1 amide bonds. The molecule has 28 heavy (non-hydrogen) atoms. The van der Waals surface area contributed by atoms with Crippen LogP contribution in [0.25, 0.3) is 10.2 Å². The van der Waals surface area contributed by atoms with Gasteiger partial charge in [0, 0.05) is 13.0 Å². The molecular weight excluding hydrogens is 370 g/mol. The first-order valence-corrected chi connectivity index (χ1v) is 10.4. The summed E-state index contributed by atoms with van der Waals surface area (Å²) in [6.07, 6.45) is 1.29. The van der Waals surface area contributed by atoms with Crippen molar-refractivity contribution >= 4 is 32.6 Å². The molecule has 0 atom stereocenters. The number of quaternary nitrogens is 1. The van der Waals surface area contributed by atoms with Crippen molar-refractivity contribution < 1.29 is 14.4 Å². The Balaban J connectivity index is 1.83. The van der Waals surface area contributed by atoms with Crippen molar-refractivity contribution in [2.75, 3.05) is 39.2 Å². The number of nitrogens with zero attached hydrogens (tertiary/aromatic N) is 2. The number of hydrogen-bond donors (Lipinski definition) is 1. The Bertz CT molecular complexity index is 935. The number of ether oxygens (including phenoxy) is 1. The van der Waals surface area contributed by atoms with Crippen molar-refractivity contribution in [3.63, 3.8) is 0 Å². The van der Waals surface area contributed by atoms with Gasteiger partial charge in [-0.1, -0.05) is 35.6 Å². The van der Waals surface area contributed by atoms with E-state index in [2.05, 4.69) is 33.2 Å². The van der Waals surface area contributed by atoms with Gasteiger partial charge in [-0.25, -0.2) is 4.98 Å². The summed E-state index contributed by atoms with van der Waals surface area (Å²) in [6, 6.07) is 13.8. The number of para-hydroxylation sites is 1. The second-order valence-electron chi connectivity index (χ2n) is 7.30. The smallest absolute Gasteiger partial charge is 0.233 e. The Labute approximate surface area is 170 Å². The lowest BCUT2D eigenvalue weighted by Crippen LogP contribution is -3.05. The number of amides is 1. The number of thiazole rings is 1. The minimum Gasteiger partial charge on any atom is -0.497 e. The van der Waals surface area contributed by atoms with Gasteiger partial charge >= 0.3 is 0 Å². The predicted octanol–water partition coefficient (Wildman–Crippen LogP) is 2.72. The fourth-order valence-electron chi connectivity index (χ4n) is 3.12. The summed E-state index contributed by atoms with van der Waals surface area (Å²) in [5.74, 6) is 0.874. The molecule has 0 aliphatic heterocycles. The van der Waals surface area contributed by atoms with Crippen LogP contribution in [0.1, 0.15) is 17.5 Å². The molecule has 1 heterocycles. The van der Waals surface area contributed by atoms with Crippen LogP contribution < -0.4 is 14.5 Å². The molecule has 2 aromatic carbocycles. The number of carbonyl (C=O) groups excluding carboxylic acids is 1. The van der Waals surface area contributed by atoms with Gasteiger partial charge in [-0.2, -0.15) is 0 Å². The molecule has 1 N–H and O–H groups in total. The van der Waals surface area contributed by atoms with E-state index < -0.39 is 0 Å². The largest absolute Gasteiger partial charge is 0.497 e. The zero-order valence-corrected chi connectivity index (χ0v) is 17.8. The van der Waals surface area contributed by atoms with Crippen molar-refractivity contribution in [2.24, 2.45) is 0 Å². The van der Waals surface area contributed by atoms with Gasteiger partial charge in [-0.3, -0.25) is 9.69 Å². The van der Waals surface area contributed by atoms with E-state index in [1.807, 2.05) is 35.2 Å². The summed E-state index contributed by atoms with van der Waals surface area (Å²) in [7, 11) is 5.90. The van der Waals surface area contributed by atoms with Crippen molar-refractivity contribution in [3.05, 3.63) is 53.6 Å². The van der Waals surface area contributed by atoms with Crippen LogP contribution in [0.15, 0.2) is 42.5 Å². The van der Waals surface area contributed by atoms with Crippen LogP contribution in [-0.4, -0.2) is 45.2 Å². The minimum absolute atomic E-state index is 0.0793. The number of carbonyl (C=O) groups is 1. The van der Waals surface area contributed by atoms with Crippen LogP contribution in [0.2, 0.25) is 0 Å². The summed E-state index contributed by atoms with van der Waals surface area (Å²) < 4.78 is 6.33. The standard InChI is InChI=1S/C22H27N3O2S/c1-16-7-5-8-19-21(16)23-22(28-19)25(14-6-13-24(2)3)20(26)15-17-9-11-18(27-4)12-10-17/h5,7-12H,6,13-15H2,1-4H3/p+1. The van der Waals surface area contributed by atoms with Crippen molar-refractivity contribution in [1.82, 2.24) is 4.98 Å². The fraction of sp³-hybridized carbons (Fsp3) is 0.364. The zero-order valence-electron chi connectivity index (χ0n) is 17.0. The topological polar surface area (TPSA) is 46.9 Å². The summed E-state index contributed by atoms with van der Waals surface area (Å²) in [4.78, 5) is 21.2. The molecule has 0 spiro atoms. The number of aromatic nitrogens is 1. The molecule has 6 heteroatoms. The number of methoxy groups -OCH3 is 1. The fourth-order valence-corrected chi connectivity index (χ4v) is 4.21. The maximum Gasteiger partial charge on any atom is 0.233 e. The lowest BCUT2D eigenvalue weighted by atomic mass is 10.1. The summed E-state index contributed by atoms with van der Waals surface area (Å²) in [5.41, 5.74) is 3.11. The highest BCUT2D eigenvalue weighted by Crippen LogP contribution is 2.31. The maximum atomic E-state index is 13.2. The number of hydrogen-bond acceptors (Lipinski definition) is 4. The molecule has 148 valence electrons. The summed E-state index contributed by atoms with van der Waals surface area (Å²) in [5, 5.41) is 0.788. The van der Waals surface area contributed by atoms with E-state index in [0.29, 0.717) is 13.0 Å². The molecule has 3 aromatic rings. The van der Waals surface area contributed by atoms with E-state index in [9.17, 15) is 4.79 Å². The SMILES string of the molecule is COc1ccc(CC(=O)N(CCC[NH+](C)C)c2nc3c(C)cccc3s2)cc1. The van der Waals surface area contributed by atoms with Gasteiger partial charge in [0.1, 0.15) is 5.75 Å². The molecule has 0 radical (unpaired) electrons. The first kappa shape index (κ1) is 20.3. The predicted molar refractivity (Wildman–Crippen MR) is 116 cm³/mol. The Morgan fingerprint density at radius 1 is 1.18 bits per heavy atom. The van der Waals surface area contributed by atoms with Crippen LogP contribution >= 0.6 is 11.3 Å². The highest BCUT2D eigenvalue weighted by molar-refractivity contribution is 7.22. The average Bonchev–Trinajstić information content (AvgIpc) is 3.11. The lowest BCUT2D eigenvalue weighted by molar-refractivity contribution is -0.858. The molecule has 0 aliphatic carbocycles. The lowest BCUT2D eigenvalue weighted by Gasteiger charge is -2.20. The number of nitrogens with one attached hydrogen (secondary N) is 1. The van der Waals surface area contributed by atoms with E-state index in [-0.39, 0.29) is 5.91 Å². The van der Waals surface area contributed by atoms with Gasteiger partial charge in [0.2, 0.25) is 5.91 Å². The Hall–Kier alpha value is -2.44. The number of benzene rings is 2. The molecule has 3 rings (SSSR count). The second-order valence-corrected chi connectivity index (χ2v) is 8.31. The van der Waals surface area contributed by atoms with Crippen LogP contribution in [0.3, 0.4) is 0 Å². The Kier molecular flexibility index (Phi) is 6.65.